The zero-order valence-electron chi connectivity index (χ0n) is 12.4. The molecule has 0 aromatic carbocycles. The highest BCUT2D eigenvalue weighted by atomic mass is 16.1. The maximum absolute atomic E-state index is 12.0. The summed E-state index contributed by atoms with van der Waals surface area (Å²) in [5, 5.41) is 13.9. The molecule has 0 spiro atoms. The van der Waals surface area contributed by atoms with E-state index in [4.69, 9.17) is 0 Å². The van der Waals surface area contributed by atoms with Gasteiger partial charge in [0, 0.05) is 19.2 Å². The largest absolute Gasteiger partial charge is 0.348 e. The van der Waals surface area contributed by atoms with Crippen LogP contribution in [0.1, 0.15) is 43.5 Å². The number of aromatic nitrogens is 5. The minimum atomic E-state index is -0.0360. The molecule has 1 unspecified atom stereocenters. The zero-order chi connectivity index (χ0) is 15.1. The number of hydrogen-bond donors (Lipinski definition) is 1. The van der Waals surface area contributed by atoms with Crippen molar-refractivity contribution in [3.05, 3.63) is 35.9 Å². The number of rotatable bonds is 7. The smallest absolute Gasteiger partial charge is 0.220 e. The molecule has 0 aliphatic rings. The van der Waals surface area contributed by atoms with E-state index in [9.17, 15) is 4.79 Å². The molecule has 0 radical (unpaired) electrons. The van der Waals surface area contributed by atoms with Crippen molar-refractivity contribution in [2.45, 2.75) is 45.7 Å². The Hall–Kier alpha value is -2.31. The highest BCUT2D eigenvalue weighted by Crippen LogP contribution is 2.14. The molecule has 0 bridgehead atoms. The third-order valence-electron chi connectivity index (χ3n) is 3.22. The highest BCUT2D eigenvalue weighted by Gasteiger charge is 2.13. The average Bonchev–Trinajstić information content (AvgIpc) is 2.99. The molecule has 7 heteroatoms. The van der Waals surface area contributed by atoms with E-state index in [0.29, 0.717) is 19.4 Å². The van der Waals surface area contributed by atoms with Crippen LogP contribution in [-0.2, 0) is 11.3 Å². The molecule has 7 nitrogen and oxygen atoms in total. The maximum atomic E-state index is 12.0. The minimum Gasteiger partial charge on any atom is -0.348 e. The molecule has 2 heterocycles. The number of aryl methyl sites for hydroxylation is 2. The maximum Gasteiger partial charge on any atom is 0.220 e. The van der Waals surface area contributed by atoms with E-state index in [1.165, 1.54) is 0 Å². The van der Waals surface area contributed by atoms with Crippen molar-refractivity contribution in [2.24, 2.45) is 0 Å². The molecule has 2 aromatic rings. The Labute approximate surface area is 123 Å². The second-order valence-corrected chi connectivity index (χ2v) is 4.97. The Morgan fingerprint density at radius 2 is 2.29 bits per heavy atom. The first kappa shape index (κ1) is 15.1. The van der Waals surface area contributed by atoms with Crippen molar-refractivity contribution >= 4 is 5.91 Å². The first-order chi connectivity index (χ1) is 10.2. The summed E-state index contributed by atoms with van der Waals surface area (Å²) < 4.78 is 1.62. The molecule has 0 saturated heterocycles. The normalized spacial score (nSPS) is 12.1. The molecule has 0 aliphatic heterocycles. The lowest BCUT2D eigenvalue weighted by Crippen LogP contribution is -2.28. The van der Waals surface area contributed by atoms with Gasteiger partial charge in [0.2, 0.25) is 5.91 Å². The summed E-state index contributed by atoms with van der Waals surface area (Å²) in [6.07, 6.45) is 5.33. The van der Waals surface area contributed by atoms with Crippen LogP contribution in [0, 0.1) is 6.92 Å². The number of carbonyl (C=O) groups excluding carboxylic acids is 1. The molecule has 0 saturated carbocycles. The van der Waals surface area contributed by atoms with Crippen LogP contribution in [0.3, 0.4) is 0 Å². The van der Waals surface area contributed by atoms with Gasteiger partial charge >= 0.3 is 0 Å². The predicted octanol–water partition coefficient (Wildman–Crippen LogP) is 1.42. The summed E-state index contributed by atoms with van der Waals surface area (Å²) >= 11 is 0. The van der Waals surface area contributed by atoms with Crippen molar-refractivity contribution in [3.63, 3.8) is 0 Å². The molecule has 0 fully saturated rings. The van der Waals surface area contributed by atoms with Crippen molar-refractivity contribution in [1.82, 2.24) is 30.5 Å². The third-order valence-corrected chi connectivity index (χ3v) is 3.22. The van der Waals surface area contributed by atoms with Gasteiger partial charge in [-0.15, -0.1) is 5.10 Å². The summed E-state index contributed by atoms with van der Waals surface area (Å²) in [6.45, 7) is 4.67. The SMILES string of the molecule is CCC(NC(=O)CCCn1cnnn1)c1ccc(C)cn1. The fraction of sp³-hybridized carbons (Fsp3) is 0.500. The number of carbonyl (C=O) groups is 1. The van der Waals surface area contributed by atoms with E-state index < -0.39 is 0 Å². The second kappa shape index (κ2) is 7.47. The second-order valence-electron chi connectivity index (χ2n) is 4.97. The van der Waals surface area contributed by atoms with Crippen LogP contribution in [0.25, 0.3) is 0 Å². The first-order valence-electron chi connectivity index (χ1n) is 7.11. The van der Waals surface area contributed by atoms with Gasteiger partial charge in [0.25, 0.3) is 0 Å². The molecule has 21 heavy (non-hydrogen) atoms. The number of tetrazole rings is 1. The van der Waals surface area contributed by atoms with Gasteiger partial charge in [0.1, 0.15) is 6.33 Å². The standard InChI is InChI=1S/C14H20N6O/c1-3-12(13-7-6-11(2)9-15-13)17-14(21)5-4-8-20-10-16-18-19-20/h6-7,9-10,12H,3-5,8H2,1-2H3,(H,17,21). The van der Waals surface area contributed by atoms with Crippen LogP contribution in [0.2, 0.25) is 0 Å². The fourth-order valence-electron chi connectivity index (χ4n) is 2.02. The van der Waals surface area contributed by atoms with Gasteiger partial charge in [-0.05, 0) is 41.8 Å². The van der Waals surface area contributed by atoms with Crippen molar-refractivity contribution in [2.75, 3.05) is 0 Å². The number of nitrogens with one attached hydrogen (secondary N) is 1. The molecular formula is C14H20N6O. The van der Waals surface area contributed by atoms with E-state index in [2.05, 4.69) is 25.8 Å². The minimum absolute atomic E-state index is 0.0253. The lowest BCUT2D eigenvalue weighted by atomic mass is 10.1. The van der Waals surface area contributed by atoms with E-state index in [1.807, 2.05) is 32.2 Å². The van der Waals surface area contributed by atoms with Crippen molar-refractivity contribution < 1.29 is 4.79 Å². The van der Waals surface area contributed by atoms with Crippen LogP contribution in [0.4, 0.5) is 0 Å². The van der Waals surface area contributed by atoms with Crippen LogP contribution in [0.15, 0.2) is 24.7 Å². The predicted molar refractivity (Wildman–Crippen MR) is 77.2 cm³/mol. The van der Waals surface area contributed by atoms with E-state index in [1.54, 1.807) is 11.0 Å². The van der Waals surface area contributed by atoms with Crippen molar-refractivity contribution in [1.29, 1.82) is 0 Å². The van der Waals surface area contributed by atoms with Gasteiger partial charge in [0.15, 0.2) is 0 Å². The fourth-order valence-corrected chi connectivity index (χ4v) is 2.02. The lowest BCUT2D eigenvalue weighted by molar-refractivity contribution is -0.122. The summed E-state index contributed by atoms with van der Waals surface area (Å²) in [5.41, 5.74) is 2.01. The molecule has 0 aliphatic carbocycles. The lowest BCUT2D eigenvalue weighted by Gasteiger charge is -2.16. The monoisotopic (exact) mass is 288 g/mol. The zero-order valence-corrected chi connectivity index (χ0v) is 12.4. The van der Waals surface area contributed by atoms with E-state index in [-0.39, 0.29) is 11.9 Å². The highest BCUT2D eigenvalue weighted by molar-refractivity contribution is 5.76. The van der Waals surface area contributed by atoms with Crippen LogP contribution < -0.4 is 5.32 Å². The number of hydrogen-bond acceptors (Lipinski definition) is 5. The van der Waals surface area contributed by atoms with Gasteiger partial charge in [-0.3, -0.25) is 9.78 Å². The first-order valence-corrected chi connectivity index (χ1v) is 7.11. The van der Waals surface area contributed by atoms with Gasteiger partial charge in [-0.1, -0.05) is 13.0 Å². The topological polar surface area (TPSA) is 85.6 Å². The summed E-state index contributed by atoms with van der Waals surface area (Å²) in [4.78, 5) is 16.4. The van der Waals surface area contributed by atoms with Crippen LogP contribution in [-0.4, -0.2) is 31.1 Å². The number of amides is 1. The molecule has 2 aromatic heterocycles. The van der Waals surface area contributed by atoms with Gasteiger partial charge in [-0.2, -0.15) is 0 Å². The molecule has 1 amide bonds. The number of pyridine rings is 1. The van der Waals surface area contributed by atoms with Gasteiger partial charge in [0.05, 0.1) is 11.7 Å². The molecule has 1 atom stereocenters. The Balaban J connectivity index is 1.80. The van der Waals surface area contributed by atoms with E-state index in [0.717, 1.165) is 17.7 Å². The quantitative estimate of drug-likeness (QED) is 0.833. The van der Waals surface area contributed by atoms with Gasteiger partial charge in [-0.25, -0.2) is 4.68 Å². The Morgan fingerprint density at radius 3 is 2.90 bits per heavy atom. The average molecular weight is 288 g/mol. The Morgan fingerprint density at radius 1 is 1.43 bits per heavy atom. The molecule has 2 rings (SSSR count). The van der Waals surface area contributed by atoms with E-state index >= 15 is 0 Å². The Bertz CT molecular complexity index is 551. The van der Waals surface area contributed by atoms with Crippen molar-refractivity contribution in [3.8, 4) is 0 Å². The molecule has 112 valence electrons. The molecule has 1 N–H and O–H groups in total. The summed E-state index contributed by atoms with van der Waals surface area (Å²) in [7, 11) is 0. The summed E-state index contributed by atoms with van der Waals surface area (Å²) in [6, 6.07) is 3.94. The Kier molecular flexibility index (Phi) is 5.36. The summed E-state index contributed by atoms with van der Waals surface area (Å²) in [5.74, 6) is 0.0253. The third kappa shape index (κ3) is 4.62. The van der Waals surface area contributed by atoms with Gasteiger partial charge < -0.3 is 5.32 Å². The number of nitrogens with zero attached hydrogens (tertiary/aromatic N) is 5. The van der Waals surface area contributed by atoms with Crippen LogP contribution >= 0.6 is 0 Å². The molecular weight excluding hydrogens is 268 g/mol. The van der Waals surface area contributed by atoms with Crippen LogP contribution in [0.5, 0.6) is 0 Å².